The van der Waals surface area contributed by atoms with E-state index in [2.05, 4.69) is 18.7 Å². The summed E-state index contributed by atoms with van der Waals surface area (Å²) in [4.78, 5) is 2.28. The van der Waals surface area contributed by atoms with Crippen molar-refractivity contribution in [3.8, 4) is 5.75 Å². The molecule has 0 atom stereocenters. The smallest absolute Gasteiger partial charge is 0.119 e. The summed E-state index contributed by atoms with van der Waals surface area (Å²) < 4.78 is 46.5. The normalized spacial score (nSPS) is 14.4. The number of hydrogen-bond acceptors (Lipinski definition) is 2. The number of ether oxygens (including phenoxy) is 1. The minimum absolute atomic E-state index is 0.0222. The Bertz CT molecular complexity index is 1130. The fourth-order valence-electron chi connectivity index (χ4n) is 3.06. The van der Waals surface area contributed by atoms with E-state index in [1.165, 1.54) is 0 Å². The second kappa shape index (κ2) is 10.8. The van der Waals surface area contributed by atoms with Crippen molar-refractivity contribution < 1.29 is 11.6 Å². The third kappa shape index (κ3) is 5.72. The largest absolute Gasteiger partial charge is 0.492 e. The van der Waals surface area contributed by atoms with Crippen LogP contribution in [-0.2, 0) is 0 Å². The topological polar surface area (TPSA) is 12.5 Å². The molecule has 0 heterocycles. The molecule has 0 fully saturated rings. The van der Waals surface area contributed by atoms with E-state index in [0.717, 1.165) is 36.5 Å². The van der Waals surface area contributed by atoms with Crippen molar-refractivity contribution in [3.63, 3.8) is 0 Å². The molecule has 0 aromatic heterocycles. The van der Waals surface area contributed by atoms with Crippen LogP contribution in [0.3, 0.4) is 0 Å². The first kappa shape index (κ1) is 15.3. The highest BCUT2D eigenvalue weighted by atomic mass is 35.5. The van der Waals surface area contributed by atoms with E-state index >= 15 is 0 Å². The van der Waals surface area contributed by atoms with Crippen molar-refractivity contribution in [2.24, 2.45) is 0 Å². The van der Waals surface area contributed by atoms with Gasteiger partial charge in [-0.25, -0.2) is 0 Å². The SMILES string of the molecule is [2H]c1c([2H])c([2H])c(C(Cl)=C(c2ccccc2)c2ccc(OCCN(CC)CC)cc2)c([2H])c1[2H]. The lowest BCUT2D eigenvalue weighted by atomic mass is 9.95. The fraction of sp³-hybridized carbons (Fsp3) is 0.231. The van der Waals surface area contributed by atoms with Gasteiger partial charge < -0.3 is 9.64 Å². The van der Waals surface area contributed by atoms with Crippen LogP contribution in [0.4, 0.5) is 0 Å². The van der Waals surface area contributed by atoms with Crippen molar-refractivity contribution >= 4 is 22.2 Å². The second-order valence-corrected chi connectivity index (χ2v) is 6.83. The van der Waals surface area contributed by atoms with E-state index in [4.69, 9.17) is 23.2 Å². The Morgan fingerprint density at radius 2 is 1.48 bits per heavy atom. The second-order valence-electron chi connectivity index (χ2n) is 6.45. The molecule has 3 aromatic carbocycles. The van der Waals surface area contributed by atoms with Crippen molar-refractivity contribution in [2.75, 3.05) is 26.2 Å². The molecule has 0 unspecified atom stereocenters. The van der Waals surface area contributed by atoms with Crippen LogP contribution >= 0.6 is 11.6 Å². The van der Waals surface area contributed by atoms with Gasteiger partial charge >= 0.3 is 0 Å². The zero-order valence-corrected chi connectivity index (χ0v) is 17.5. The molecule has 0 aliphatic carbocycles. The van der Waals surface area contributed by atoms with Crippen molar-refractivity contribution in [3.05, 3.63) is 101 Å². The first-order valence-electron chi connectivity index (χ1n) is 12.3. The molecule has 29 heavy (non-hydrogen) atoms. The highest BCUT2D eigenvalue weighted by Crippen LogP contribution is 2.35. The molecule has 2 nitrogen and oxygen atoms in total. The predicted octanol–water partition coefficient (Wildman–Crippen LogP) is 6.56. The number of hydrogen-bond donors (Lipinski definition) is 0. The molecular weight excluding hydrogens is 378 g/mol. The summed E-state index contributed by atoms with van der Waals surface area (Å²) in [5.41, 5.74) is 2.08. The lowest BCUT2D eigenvalue weighted by Gasteiger charge is -2.18. The maximum atomic E-state index is 8.35. The first-order valence-corrected chi connectivity index (χ1v) is 10.2. The molecule has 0 saturated carbocycles. The minimum Gasteiger partial charge on any atom is -0.492 e. The zero-order chi connectivity index (χ0) is 24.8. The number of nitrogens with zero attached hydrogens (tertiary/aromatic N) is 1. The van der Waals surface area contributed by atoms with Crippen LogP contribution in [0.5, 0.6) is 5.75 Å². The molecular formula is C26H28ClNO. The number of likely N-dealkylation sites (N-methyl/N-ethyl adjacent to an activating group) is 1. The molecule has 0 bridgehead atoms. The summed E-state index contributed by atoms with van der Waals surface area (Å²) in [6.45, 7) is 7.60. The van der Waals surface area contributed by atoms with Gasteiger partial charge in [0.1, 0.15) is 12.4 Å². The first-order chi connectivity index (χ1) is 16.3. The minimum atomic E-state index is -0.448. The summed E-state index contributed by atoms with van der Waals surface area (Å²) in [6, 6.07) is 14.9. The van der Waals surface area contributed by atoms with Crippen LogP contribution < -0.4 is 4.74 Å². The van der Waals surface area contributed by atoms with Gasteiger partial charge in [-0.1, -0.05) is 98.1 Å². The predicted molar refractivity (Wildman–Crippen MR) is 124 cm³/mol. The molecule has 3 heteroatoms. The van der Waals surface area contributed by atoms with E-state index in [9.17, 15) is 0 Å². The monoisotopic (exact) mass is 410 g/mol. The van der Waals surface area contributed by atoms with E-state index in [0.29, 0.717) is 12.2 Å². The molecule has 0 radical (unpaired) electrons. The molecule has 3 rings (SSSR count). The standard InChI is InChI=1S/C26H28ClNO/c1-3-28(4-2)19-20-29-24-17-15-22(16-18-24)25(21-11-7-5-8-12-21)26(27)23-13-9-6-10-14-23/h5-18H,3-4,19-20H2,1-2H3/i6D,9D,10D,13D,14D. The van der Waals surface area contributed by atoms with Crippen LogP contribution in [0, 0.1) is 0 Å². The quantitative estimate of drug-likeness (QED) is 0.370. The Kier molecular flexibility index (Phi) is 5.73. The molecule has 3 aromatic rings. The van der Waals surface area contributed by atoms with Gasteiger partial charge in [-0.3, -0.25) is 0 Å². The molecule has 0 aliphatic heterocycles. The molecule has 0 spiro atoms. The fourth-order valence-corrected chi connectivity index (χ4v) is 3.37. The van der Waals surface area contributed by atoms with Crippen LogP contribution in [0.1, 0.15) is 37.4 Å². The van der Waals surface area contributed by atoms with Gasteiger partial charge in [0.05, 0.1) is 11.9 Å². The Hall–Kier alpha value is -2.55. The van der Waals surface area contributed by atoms with Gasteiger partial charge in [0.15, 0.2) is 0 Å². The lowest BCUT2D eigenvalue weighted by molar-refractivity contribution is 0.223. The van der Waals surface area contributed by atoms with Crippen molar-refractivity contribution in [2.45, 2.75) is 13.8 Å². The molecule has 150 valence electrons. The molecule has 0 amide bonds. The zero-order valence-electron chi connectivity index (χ0n) is 21.8. The van der Waals surface area contributed by atoms with Crippen LogP contribution in [0.2, 0.25) is 0 Å². The van der Waals surface area contributed by atoms with Crippen molar-refractivity contribution in [1.29, 1.82) is 0 Å². The molecule has 0 aliphatic rings. The van der Waals surface area contributed by atoms with E-state index < -0.39 is 18.1 Å². The van der Waals surface area contributed by atoms with Crippen LogP contribution in [0.25, 0.3) is 10.6 Å². The summed E-state index contributed by atoms with van der Waals surface area (Å²) in [5, 5.41) is 0.0957. The van der Waals surface area contributed by atoms with E-state index in [1.54, 1.807) is 0 Å². The summed E-state index contributed by atoms with van der Waals surface area (Å²) in [6.07, 6.45) is 0. The molecule has 0 N–H and O–H groups in total. The Morgan fingerprint density at radius 1 is 0.862 bits per heavy atom. The van der Waals surface area contributed by atoms with E-state index in [1.807, 2.05) is 54.6 Å². The van der Waals surface area contributed by atoms with Gasteiger partial charge in [0, 0.05) is 12.1 Å². The summed E-state index contributed by atoms with van der Waals surface area (Å²) in [7, 11) is 0. The van der Waals surface area contributed by atoms with Gasteiger partial charge in [-0.15, -0.1) is 0 Å². The maximum Gasteiger partial charge on any atom is 0.119 e. The highest BCUT2D eigenvalue weighted by Gasteiger charge is 2.12. The van der Waals surface area contributed by atoms with Crippen molar-refractivity contribution in [1.82, 2.24) is 4.90 Å². The van der Waals surface area contributed by atoms with Gasteiger partial charge in [-0.05, 0) is 41.9 Å². The van der Waals surface area contributed by atoms with E-state index in [-0.39, 0.29) is 22.7 Å². The number of rotatable bonds is 9. The van der Waals surface area contributed by atoms with Gasteiger partial charge in [0.25, 0.3) is 0 Å². The van der Waals surface area contributed by atoms with Gasteiger partial charge in [0.2, 0.25) is 0 Å². The third-order valence-electron chi connectivity index (χ3n) is 4.72. The average Bonchev–Trinajstić information content (AvgIpc) is 2.86. The average molecular weight is 411 g/mol. The summed E-state index contributed by atoms with van der Waals surface area (Å²) >= 11 is 6.81. The highest BCUT2D eigenvalue weighted by molar-refractivity contribution is 6.53. The Morgan fingerprint density at radius 3 is 2.10 bits per heavy atom. The third-order valence-corrected chi connectivity index (χ3v) is 5.09. The summed E-state index contributed by atoms with van der Waals surface area (Å²) in [5.74, 6) is 0.724. The number of halogens is 1. The Balaban J connectivity index is 2.05. The van der Waals surface area contributed by atoms with Crippen LogP contribution in [0.15, 0.2) is 84.8 Å². The molecule has 0 saturated heterocycles. The number of benzene rings is 3. The lowest BCUT2D eigenvalue weighted by Crippen LogP contribution is -2.27. The Labute approximate surface area is 186 Å². The van der Waals surface area contributed by atoms with Gasteiger partial charge in [-0.2, -0.15) is 0 Å². The van der Waals surface area contributed by atoms with Crippen LogP contribution in [-0.4, -0.2) is 31.1 Å². The maximum absolute atomic E-state index is 8.35.